The van der Waals surface area contributed by atoms with Crippen LogP contribution in [0.3, 0.4) is 0 Å². The first kappa shape index (κ1) is 16.4. The van der Waals surface area contributed by atoms with Crippen molar-refractivity contribution in [2.45, 2.75) is 0 Å². The zero-order chi connectivity index (χ0) is 17.4. The second-order valence-corrected chi connectivity index (χ2v) is 5.55. The van der Waals surface area contributed by atoms with Crippen molar-refractivity contribution in [1.82, 2.24) is 9.78 Å². The number of carbonyl (C=O) groups excluding carboxylic acids is 1. The van der Waals surface area contributed by atoms with Crippen molar-refractivity contribution in [3.05, 3.63) is 69.8 Å². The van der Waals surface area contributed by atoms with Gasteiger partial charge in [0, 0.05) is 17.7 Å². The molecule has 3 aromatic rings. The molecule has 0 aliphatic rings. The number of benzene rings is 2. The number of halogens is 5. The number of nitrogens with zero attached hydrogens (tertiary/aromatic N) is 2. The fourth-order valence-electron chi connectivity index (χ4n) is 2.20. The number of hydrogen-bond acceptors (Lipinski definition) is 2. The third-order valence-corrected chi connectivity index (χ3v) is 4.07. The average molecular weight is 399 g/mol. The molecule has 0 unspecified atom stereocenters. The average Bonchev–Trinajstić information content (AvgIpc) is 2.86. The summed E-state index contributed by atoms with van der Waals surface area (Å²) in [6.45, 7) is 0. The predicted octanol–water partition coefficient (Wildman–Crippen LogP) is 4.67. The minimum Gasteiger partial charge on any atom is -0.298 e. The minimum absolute atomic E-state index is 0.0146. The van der Waals surface area contributed by atoms with Crippen LogP contribution in [0.4, 0.5) is 17.6 Å². The van der Waals surface area contributed by atoms with Crippen LogP contribution in [0.1, 0.15) is 10.4 Å². The quantitative estimate of drug-likeness (QED) is 0.474. The predicted molar refractivity (Wildman–Crippen MR) is 81.9 cm³/mol. The van der Waals surface area contributed by atoms with Crippen LogP contribution in [0.2, 0.25) is 0 Å². The van der Waals surface area contributed by atoms with E-state index in [4.69, 9.17) is 0 Å². The van der Waals surface area contributed by atoms with Crippen LogP contribution in [0.5, 0.6) is 0 Å². The number of carbonyl (C=O) groups is 1. The van der Waals surface area contributed by atoms with Crippen molar-refractivity contribution < 1.29 is 22.4 Å². The zero-order valence-electron chi connectivity index (χ0n) is 11.7. The maximum Gasteiger partial charge on any atom is 0.155 e. The molecule has 3 nitrogen and oxygen atoms in total. The summed E-state index contributed by atoms with van der Waals surface area (Å²) in [6.07, 6.45) is 0.392. The van der Waals surface area contributed by atoms with Gasteiger partial charge in [-0.3, -0.25) is 4.79 Å². The van der Waals surface area contributed by atoms with Gasteiger partial charge in [-0.1, -0.05) is 0 Å². The summed E-state index contributed by atoms with van der Waals surface area (Å²) in [6, 6.07) is 5.46. The van der Waals surface area contributed by atoms with Gasteiger partial charge in [-0.15, -0.1) is 0 Å². The molecule has 0 N–H and O–H groups in total. The lowest BCUT2D eigenvalue weighted by atomic mass is 10.1. The first-order valence-corrected chi connectivity index (χ1v) is 7.36. The highest BCUT2D eigenvalue weighted by atomic mass is 79.9. The van der Waals surface area contributed by atoms with E-state index in [1.54, 1.807) is 0 Å². The molecule has 0 radical (unpaired) electrons. The van der Waals surface area contributed by atoms with Gasteiger partial charge in [0.1, 0.15) is 39.3 Å². The van der Waals surface area contributed by atoms with Crippen LogP contribution in [-0.4, -0.2) is 16.1 Å². The van der Waals surface area contributed by atoms with E-state index in [9.17, 15) is 22.4 Å². The van der Waals surface area contributed by atoms with Gasteiger partial charge in [-0.2, -0.15) is 5.10 Å². The Labute approximate surface area is 141 Å². The van der Waals surface area contributed by atoms with E-state index in [-0.39, 0.29) is 27.1 Å². The van der Waals surface area contributed by atoms with Gasteiger partial charge in [0.05, 0.1) is 5.56 Å². The van der Waals surface area contributed by atoms with Crippen molar-refractivity contribution >= 4 is 22.2 Å². The maximum absolute atomic E-state index is 14.0. The molecule has 0 saturated heterocycles. The molecule has 0 saturated carbocycles. The monoisotopic (exact) mass is 398 g/mol. The molecule has 122 valence electrons. The lowest BCUT2D eigenvalue weighted by Gasteiger charge is -2.05. The number of hydrogen-bond donors (Lipinski definition) is 0. The summed E-state index contributed by atoms with van der Waals surface area (Å²) in [5.41, 5.74) is -0.615. The van der Waals surface area contributed by atoms with Crippen molar-refractivity contribution in [2.75, 3.05) is 0 Å². The summed E-state index contributed by atoms with van der Waals surface area (Å²) >= 11 is 3.08. The summed E-state index contributed by atoms with van der Waals surface area (Å²) in [5.74, 6) is -3.23. The van der Waals surface area contributed by atoms with Crippen LogP contribution < -0.4 is 0 Å². The molecular weight excluding hydrogens is 392 g/mol. The Hall–Kier alpha value is -2.48. The number of aromatic nitrogens is 2. The smallest absolute Gasteiger partial charge is 0.155 e. The summed E-state index contributed by atoms with van der Waals surface area (Å²) in [5, 5.41) is 3.98. The summed E-state index contributed by atoms with van der Waals surface area (Å²) < 4.78 is 55.3. The molecule has 0 bridgehead atoms. The van der Waals surface area contributed by atoms with Gasteiger partial charge >= 0.3 is 0 Å². The Balaban J connectivity index is 2.27. The minimum atomic E-state index is -0.935. The molecule has 0 aliphatic carbocycles. The highest BCUT2D eigenvalue weighted by molar-refractivity contribution is 9.10. The van der Waals surface area contributed by atoms with Crippen LogP contribution in [0, 0.1) is 23.3 Å². The number of rotatable bonds is 3. The topological polar surface area (TPSA) is 34.9 Å². The van der Waals surface area contributed by atoms with Crippen molar-refractivity contribution in [1.29, 1.82) is 0 Å². The number of aldehydes is 1. The van der Waals surface area contributed by atoms with Gasteiger partial charge in [0.15, 0.2) is 6.29 Å². The lowest BCUT2D eigenvalue weighted by Crippen LogP contribution is -2.01. The van der Waals surface area contributed by atoms with E-state index in [1.165, 1.54) is 0 Å². The fraction of sp³-hybridized carbons (Fsp3) is 0. The normalized spacial score (nSPS) is 10.9. The second kappa shape index (κ2) is 6.20. The van der Waals surface area contributed by atoms with Crippen molar-refractivity contribution in [3.8, 4) is 16.9 Å². The highest BCUT2D eigenvalue weighted by Crippen LogP contribution is 2.32. The Morgan fingerprint density at radius 1 is 0.958 bits per heavy atom. The largest absolute Gasteiger partial charge is 0.298 e. The van der Waals surface area contributed by atoms with Gasteiger partial charge in [0.25, 0.3) is 0 Å². The zero-order valence-corrected chi connectivity index (χ0v) is 13.3. The Morgan fingerprint density at radius 2 is 1.62 bits per heavy atom. The molecule has 2 aromatic carbocycles. The first-order chi connectivity index (χ1) is 11.4. The fourth-order valence-corrected chi connectivity index (χ4v) is 2.75. The van der Waals surface area contributed by atoms with Gasteiger partial charge in [-0.05, 0) is 40.2 Å². The van der Waals surface area contributed by atoms with E-state index in [1.807, 2.05) is 0 Å². The first-order valence-electron chi connectivity index (χ1n) is 6.57. The molecule has 24 heavy (non-hydrogen) atoms. The van der Waals surface area contributed by atoms with Crippen LogP contribution in [-0.2, 0) is 0 Å². The molecule has 0 spiro atoms. The summed E-state index contributed by atoms with van der Waals surface area (Å²) in [4.78, 5) is 11.3. The molecule has 8 heteroatoms. The van der Waals surface area contributed by atoms with Crippen LogP contribution in [0.25, 0.3) is 16.9 Å². The maximum atomic E-state index is 14.0. The highest BCUT2D eigenvalue weighted by Gasteiger charge is 2.22. The molecule has 0 fully saturated rings. The van der Waals surface area contributed by atoms with Crippen molar-refractivity contribution in [2.24, 2.45) is 0 Å². The molecule has 0 aliphatic heterocycles. The van der Waals surface area contributed by atoms with Crippen LogP contribution in [0.15, 0.2) is 41.0 Å². The summed E-state index contributed by atoms with van der Waals surface area (Å²) in [7, 11) is 0. The van der Waals surface area contributed by atoms with E-state index in [2.05, 4.69) is 21.0 Å². The molecular formula is C16H7BrF4N2O. The van der Waals surface area contributed by atoms with Crippen molar-refractivity contribution in [3.63, 3.8) is 0 Å². The third kappa shape index (κ3) is 2.73. The van der Waals surface area contributed by atoms with E-state index in [0.29, 0.717) is 12.4 Å². The van der Waals surface area contributed by atoms with Gasteiger partial charge in [0.2, 0.25) is 0 Å². The van der Waals surface area contributed by atoms with Crippen LogP contribution >= 0.6 is 15.9 Å². The SMILES string of the molecule is O=Cc1c(-c2ccc(F)cc2F)nn(-c2cc(F)ccc2F)c1Br. The lowest BCUT2D eigenvalue weighted by molar-refractivity contribution is 0.112. The Kier molecular flexibility index (Phi) is 4.23. The third-order valence-electron chi connectivity index (χ3n) is 3.30. The molecule has 1 heterocycles. The van der Waals surface area contributed by atoms with E-state index >= 15 is 0 Å². The Morgan fingerprint density at radius 3 is 2.29 bits per heavy atom. The molecule has 1 aromatic heterocycles. The molecule has 3 rings (SSSR count). The van der Waals surface area contributed by atoms with E-state index < -0.39 is 23.3 Å². The molecule has 0 atom stereocenters. The van der Waals surface area contributed by atoms with Gasteiger partial charge < -0.3 is 0 Å². The second-order valence-electron chi connectivity index (χ2n) is 4.80. The Bertz CT molecular complexity index is 955. The van der Waals surface area contributed by atoms with Gasteiger partial charge in [-0.25, -0.2) is 22.2 Å². The molecule has 0 amide bonds. The standard InChI is InChI=1S/C16H7BrF4N2O/c17-16-11(7-24)15(10-3-1-8(18)5-13(10)21)22-23(16)14-6-9(19)2-4-12(14)20/h1-7H. The van der Waals surface area contributed by atoms with E-state index in [0.717, 1.165) is 35.0 Å².